The third-order valence-electron chi connectivity index (χ3n) is 16.0. The van der Waals surface area contributed by atoms with Crippen molar-refractivity contribution in [2.75, 3.05) is 4.90 Å². The van der Waals surface area contributed by atoms with Crippen LogP contribution in [-0.4, -0.2) is 0 Å². The number of furan rings is 1. The summed E-state index contributed by atoms with van der Waals surface area (Å²) in [5.74, 6) is 1.00. The van der Waals surface area contributed by atoms with Gasteiger partial charge in [-0.05, 0) is 143 Å². The lowest BCUT2D eigenvalue weighted by Gasteiger charge is -2.32. The van der Waals surface area contributed by atoms with Crippen LogP contribution in [0.4, 0.5) is 17.1 Å². The first kappa shape index (κ1) is 35.5. The molecule has 9 aromatic carbocycles. The fourth-order valence-electron chi connectivity index (χ4n) is 13.4. The highest BCUT2D eigenvalue weighted by Crippen LogP contribution is 2.66. The third-order valence-corrected chi connectivity index (χ3v) is 16.0. The summed E-state index contributed by atoms with van der Waals surface area (Å²) in [4.78, 5) is 2.52. The van der Waals surface area contributed by atoms with Gasteiger partial charge in [0.15, 0.2) is 0 Å². The van der Waals surface area contributed by atoms with E-state index in [9.17, 15) is 0 Å². The second-order valence-corrected chi connectivity index (χ2v) is 19.1. The van der Waals surface area contributed by atoms with Crippen molar-refractivity contribution in [3.8, 4) is 55.6 Å². The fourth-order valence-corrected chi connectivity index (χ4v) is 13.4. The van der Waals surface area contributed by atoms with Gasteiger partial charge in [-0.2, -0.15) is 0 Å². The molecule has 0 bridgehead atoms. The topological polar surface area (TPSA) is 16.4 Å². The van der Waals surface area contributed by atoms with Crippen molar-refractivity contribution in [1.82, 2.24) is 0 Å². The summed E-state index contributed by atoms with van der Waals surface area (Å²) in [6.07, 6.45) is 1.87. The molecule has 1 aromatic heterocycles. The van der Waals surface area contributed by atoms with Gasteiger partial charge in [0.05, 0.1) is 11.7 Å². The van der Waals surface area contributed by atoms with E-state index < -0.39 is 10.8 Å². The van der Waals surface area contributed by atoms with E-state index in [2.05, 4.69) is 225 Å². The molecule has 65 heavy (non-hydrogen) atoms. The number of rotatable bonds is 3. The van der Waals surface area contributed by atoms with Crippen LogP contribution in [0, 0.1) is 0 Å². The number of nitrogens with zero attached hydrogens (tertiary/aromatic N) is 1. The van der Waals surface area contributed by atoms with E-state index >= 15 is 0 Å². The van der Waals surface area contributed by atoms with Crippen LogP contribution in [-0.2, 0) is 16.2 Å². The van der Waals surface area contributed by atoms with E-state index in [-0.39, 0.29) is 5.41 Å². The average Bonchev–Trinajstić information content (AvgIpc) is 4.18. The lowest BCUT2D eigenvalue weighted by atomic mass is 9.70. The van der Waals surface area contributed by atoms with Crippen LogP contribution in [0.2, 0.25) is 0 Å². The Hall–Kier alpha value is -7.94. The molecule has 0 unspecified atom stereocenters. The maximum Gasteiger partial charge on any atom is 0.131 e. The minimum absolute atomic E-state index is 0.159. The average molecular weight is 828 g/mol. The van der Waals surface area contributed by atoms with E-state index in [0.29, 0.717) is 0 Å². The van der Waals surface area contributed by atoms with E-state index in [1.54, 1.807) is 0 Å². The number of hydrogen-bond donors (Lipinski definition) is 0. The fraction of sp³-hybridized carbons (Fsp3) is 0.0794. The van der Waals surface area contributed by atoms with Crippen LogP contribution in [0.3, 0.4) is 0 Å². The Morgan fingerprint density at radius 1 is 0.292 bits per heavy atom. The standard InChI is InChI=1S/C63H41NO/c1-61(2)51-21-9-3-15-41(51)47-30-27-39(36-58(47)61)64(40-28-31-48-49-33-34-65-60(49)63(59(48)37-40)55-25-13-6-18-44(55)45-19-7-14-26-56(45)63)38-29-32-57-50(35-38)46-20-8-12-24-54(46)62(57)52-22-10-4-16-42(52)43-17-5-11-23-53(43)62/h3-37H,1-2H3. The lowest BCUT2D eigenvalue weighted by molar-refractivity contribution is 0.474. The molecule has 0 saturated heterocycles. The molecule has 2 spiro atoms. The predicted molar refractivity (Wildman–Crippen MR) is 264 cm³/mol. The number of anilines is 3. The highest BCUT2D eigenvalue weighted by atomic mass is 16.3. The first-order chi connectivity index (χ1) is 32.0. The molecule has 0 amide bonds. The van der Waals surface area contributed by atoms with Crippen molar-refractivity contribution in [2.45, 2.75) is 30.1 Å². The first-order valence-corrected chi connectivity index (χ1v) is 22.9. The normalized spacial score (nSPS) is 15.6. The van der Waals surface area contributed by atoms with Gasteiger partial charge in [-0.15, -0.1) is 0 Å². The molecule has 0 fully saturated rings. The first-order valence-electron chi connectivity index (χ1n) is 22.9. The molecular formula is C63H41NO. The van der Waals surface area contributed by atoms with Crippen LogP contribution in [0.1, 0.15) is 69.7 Å². The second kappa shape index (κ2) is 12.2. The molecule has 0 aliphatic heterocycles. The Kier molecular flexibility index (Phi) is 6.66. The van der Waals surface area contributed by atoms with Gasteiger partial charge < -0.3 is 9.32 Å². The molecule has 0 radical (unpaired) electrons. The molecule has 5 aliphatic carbocycles. The highest BCUT2D eigenvalue weighted by Gasteiger charge is 2.55. The third kappa shape index (κ3) is 4.13. The predicted octanol–water partition coefficient (Wildman–Crippen LogP) is 15.7. The lowest BCUT2D eigenvalue weighted by Crippen LogP contribution is -2.26. The SMILES string of the molecule is CC1(C)c2ccccc2-c2ccc(N(c3ccc4c(c3)-c3ccccc3C43c4ccccc4-c4ccccc43)c3ccc4c(c3)C3(c5ccccc5-c5ccccc53)c3occc3-4)cc21. The van der Waals surface area contributed by atoms with Crippen molar-refractivity contribution in [2.24, 2.45) is 0 Å². The van der Waals surface area contributed by atoms with E-state index in [1.165, 1.54) is 106 Å². The molecule has 0 atom stereocenters. The van der Waals surface area contributed by atoms with Gasteiger partial charge in [-0.1, -0.05) is 178 Å². The van der Waals surface area contributed by atoms with E-state index in [1.807, 2.05) is 6.26 Å². The molecule has 10 aromatic rings. The summed E-state index contributed by atoms with van der Waals surface area (Å²) in [5.41, 5.74) is 26.9. The van der Waals surface area contributed by atoms with Crippen LogP contribution in [0.25, 0.3) is 55.6 Å². The van der Waals surface area contributed by atoms with Gasteiger partial charge in [0.1, 0.15) is 11.2 Å². The van der Waals surface area contributed by atoms with Gasteiger partial charge in [0.25, 0.3) is 0 Å². The summed E-state index contributed by atoms with van der Waals surface area (Å²) < 4.78 is 6.65. The summed E-state index contributed by atoms with van der Waals surface area (Å²) in [6.45, 7) is 4.76. The van der Waals surface area contributed by atoms with Crippen molar-refractivity contribution >= 4 is 17.1 Å². The Morgan fingerprint density at radius 3 is 1.20 bits per heavy atom. The molecule has 1 heterocycles. The molecule has 5 aliphatic rings. The maximum absolute atomic E-state index is 6.65. The monoisotopic (exact) mass is 827 g/mol. The van der Waals surface area contributed by atoms with Crippen molar-refractivity contribution in [3.05, 3.63) is 268 Å². The summed E-state index contributed by atoms with van der Waals surface area (Å²) in [6, 6.07) is 77.9. The smallest absolute Gasteiger partial charge is 0.131 e. The summed E-state index contributed by atoms with van der Waals surface area (Å²) in [5, 5.41) is 0. The minimum Gasteiger partial charge on any atom is -0.467 e. The molecule has 0 saturated carbocycles. The van der Waals surface area contributed by atoms with Crippen molar-refractivity contribution in [1.29, 1.82) is 0 Å². The molecule has 304 valence electrons. The maximum atomic E-state index is 6.65. The molecule has 2 heteroatoms. The van der Waals surface area contributed by atoms with Crippen molar-refractivity contribution < 1.29 is 4.42 Å². The van der Waals surface area contributed by atoms with Gasteiger partial charge in [0.2, 0.25) is 0 Å². The zero-order valence-electron chi connectivity index (χ0n) is 36.1. The molecule has 2 nitrogen and oxygen atoms in total. The van der Waals surface area contributed by atoms with Gasteiger partial charge in [-0.3, -0.25) is 0 Å². The van der Waals surface area contributed by atoms with E-state index in [4.69, 9.17) is 4.42 Å². The minimum atomic E-state index is -0.586. The van der Waals surface area contributed by atoms with Gasteiger partial charge >= 0.3 is 0 Å². The van der Waals surface area contributed by atoms with Gasteiger partial charge in [0, 0.05) is 28.0 Å². The summed E-state index contributed by atoms with van der Waals surface area (Å²) in [7, 11) is 0. The number of fused-ring (bicyclic) bond motifs is 23. The molecule has 0 N–H and O–H groups in total. The Balaban J connectivity index is 0.996. The highest BCUT2D eigenvalue weighted by molar-refractivity contribution is 5.99. The summed E-state index contributed by atoms with van der Waals surface area (Å²) >= 11 is 0. The van der Waals surface area contributed by atoms with Crippen LogP contribution in [0.15, 0.2) is 217 Å². The van der Waals surface area contributed by atoms with E-state index in [0.717, 1.165) is 22.8 Å². The largest absolute Gasteiger partial charge is 0.467 e. The quantitative estimate of drug-likeness (QED) is 0.176. The Bertz CT molecular complexity index is 3640. The number of hydrogen-bond acceptors (Lipinski definition) is 2. The molecule has 15 rings (SSSR count). The van der Waals surface area contributed by atoms with Crippen LogP contribution >= 0.6 is 0 Å². The Labute approximate surface area is 378 Å². The van der Waals surface area contributed by atoms with Crippen LogP contribution < -0.4 is 4.90 Å². The van der Waals surface area contributed by atoms with Crippen LogP contribution in [0.5, 0.6) is 0 Å². The van der Waals surface area contributed by atoms with Gasteiger partial charge in [-0.25, -0.2) is 0 Å². The second-order valence-electron chi connectivity index (χ2n) is 19.1. The number of benzene rings is 9. The Morgan fingerprint density at radius 2 is 0.662 bits per heavy atom. The molecular weight excluding hydrogens is 787 g/mol. The zero-order valence-corrected chi connectivity index (χ0v) is 36.1. The van der Waals surface area contributed by atoms with Crippen molar-refractivity contribution in [3.63, 3.8) is 0 Å². The zero-order chi connectivity index (χ0) is 42.8.